The van der Waals surface area contributed by atoms with Gasteiger partial charge in [-0.1, -0.05) is 19.1 Å². The molecule has 0 aliphatic carbocycles. The van der Waals surface area contributed by atoms with Crippen molar-refractivity contribution in [3.8, 4) is 11.5 Å². The lowest BCUT2D eigenvalue weighted by Gasteiger charge is -2.29. The summed E-state index contributed by atoms with van der Waals surface area (Å²) in [6.07, 6.45) is -1.20. The molecule has 6 nitrogen and oxygen atoms in total. The minimum Gasteiger partial charge on any atom is -0.486 e. The molecule has 2 N–H and O–H groups in total. The van der Waals surface area contributed by atoms with Gasteiger partial charge in [0, 0.05) is 6.54 Å². The molecule has 2 atom stereocenters. The summed E-state index contributed by atoms with van der Waals surface area (Å²) >= 11 is 0. The van der Waals surface area contributed by atoms with Gasteiger partial charge >= 0.3 is 6.09 Å². The lowest BCUT2D eigenvalue weighted by molar-refractivity contribution is -0.0379. The van der Waals surface area contributed by atoms with E-state index in [1.165, 1.54) is 0 Å². The van der Waals surface area contributed by atoms with Crippen LogP contribution < -0.4 is 14.8 Å². The van der Waals surface area contributed by atoms with E-state index in [1.807, 2.05) is 19.1 Å². The van der Waals surface area contributed by atoms with E-state index in [2.05, 4.69) is 5.32 Å². The van der Waals surface area contributed by atoms with Crippen molar-refractivity contribution in [2.24, 2.45) is 0 Å². The summed E-state index contributed by atoms with van der Waals surface area (Å²) < 4.78 is 16.0. The van der Waals surface area contributed by atoms with Crippen molar-refractivity contribution in [3.63, 3.8) is 0 Å². The van der Waals surface area contributed by atoms with E-state index in [4.69, 9.17) is 14.2 Å². The topological polar surface area (TPSA) is 77.0 Å². The molecule has 0 fully saturated rings. The molecule has 0 aromatic heterocycles. The first-order valence-corrected chi connectivity index (χ1v) is 6.68. The lowest BCUT2D eigenvalue weighted by Crippen LogP contribution is -2.43. The lowest BCUT2D eigenvalue weighted by atomic mass is 10.2. The third-order valence-corrected chi connectivity index (χ3v) is 2.86. The van der Waals surface area contributed by atoms with Gasteiger partial charge in [0.15, 0.2) is 17.6 Å². The number of nitrogens with one attached hydrogen (secondary N) is 1. The minimum atomic E-state index is -0.935. The quantitative estimate of drug-likeness (QED) is 0.851. The first kappa shape index (κ1) is 14.5. The molecular formula is C14H19NO5. The Morgan fingerprint density at radius 1 is 1.50 bits per heavy atom. The van der Waals surface area contributed by atoms with E-state index < -0.39 is 18.3 Å². The highest BCUT2D eigenvalue weighted by molar-refractivity contribution is 5.67. The van der Waals surface area contributed by atoms with E-state index in [-0.39, 0.29) is 13.2 Å². The molecule has 1 heterocycles. The maximum absolute atomic E-state index is 11.3. The second-order valence-corrected chi connectivity index (χ2v) is 4.51. The Kier molecular flexibility index (Phi) is 5.06. The van der Waals surface area contributed by atoms with Crippen LogP contribution in [0.15, 0.2) is 24.3 Å². The Morgan fingerprint density at radius 3 is 3.00 bits per heavy atom. The number of alkyl carbamates (subject to hydrolysis) is 1. The van der Waals surface area contributed by atoms with E-state index in [9.17, 15) is 9.90 Å². The minimum absolute atomic E-state index is 0.133. The Bertz CT molecular complexity index is 451. The van der Waals surface area contributed by atoms with E-state index in [0.717, 1.165) is 6.42 Å². The van der Waals surface area contributed by atoms with Crippen LogP contribution in [0.25, 0.3) is 0 Å². The third kappa shape index (κ3) is 3.77. The van der Waals surface area contributed by atoms with Crippen LogP contribution in [0, 0.1) is 0 Å². The second kappa shape index (κ2) is 7.00. The summed E-state index contributed by atoms with van der Waals surface area (Å²) in [5, 5.41) is 12.5. The average Bonchev–Trinajstić information content (AvgIpc) is 2.50. The Morgan fingerprint density at radius 2 is 2.25 bits per heavy atom. The zero-order valence-corrected chi connectivity index (χ0v) is 11.4. The number of carbonyl (C=O) groups excluding carboxylic acids is 1. The average molecular weight is 281 g/mol. The van der Waals surface area contributed by atoms with Crippen LogP contribution >= 0.6 is 0 Å². The third-order valence-electron chi connectivity index (χ3n) is 2.86. The fourth-order valence-corrected chi connectivity index (χ4v) is 1.77. The Labute approximate surface area is 117 Å². The highest BCUT2D eigenvalue weighted by Crippen LogP contribution is 2.31. The summed E-state index contributed by atoms with van der Waals surface area (Å²) in [6.45, 7) is 2.58. The monoisotopic (exact) mass is 281 g/mol. The van der Waals surface area contributed by atoms with Gasteiger partial charge in [0.1, 0.15) is 19.3 Å². The summed E-state index contributed by atoms with van der Waals surface area (Å²) in [5.41, 5.74) is 0. The molecule has 0 saturated carbocycles. The van der Waals surface area contributed by atoms with Crippen LogP contribution in [0.4, 0.5) is 4.79 Å². The zero-order valence-electron chi connectivity index (χ0n) is 11.4. The number of amides is 1. The van der Waals surface area contributed by atoms with Crippen molar-refractivity contribution >= 4 is 6.09 Å². The number of aliphatic hydroxyl groups excluding tert-OH is 1. The van der Waals surface area contributed by atoms with Crippen molar-refractivity contribution in [2.75, 3.05) is 19.8 Å². The molecule has 1 aliphatic rings. The summed E-state index contributed by atoms with van der Waals surface area (Å²) in [4.78, 5) is 11.3. The molecule has 2 unspecified atom stereocenters. The standard InChI is InChI=1S/C14H19NO5/c1-2-7-15-14(17)19-8-10(16)13-9-18-11-5-3-4-6-12(11)20-13/h3-6,10,13,16H,2,7-9H2,1H3,(H,15,17). The van der Waals surface area contributed by atoms with Crippen LogP contribution in [0.3, 0.4) is 0 Å². The van der Waals surface area contributed by atoms with Crippen molar-refractivity contribution in [1.82, 2.24) is 5.32 Å². The first-order chi connectivity index (χ1) is 9.70. The van der Waals surface area contributed by atoms with Gasteiger partial charge in [-0.25, -0.2) is 4.79 Å². The fraction of sp³-hybridized carbons (Fsp3) is 0.500. The SMILES string of the molecule is CCCNC(=O)OCC(O)C1COc2ccccc2O1. The summed E-state index contributed by atoms with van der Waals surface area (Å²) in [6, 6.07) is 7.24. The van der Waals surface area contributed by atoms with Gasteiger partial charge in [-0.05, 0) is 18.6 Å². The van der Waals surface area contributed by atoms with Crippen LogP contribution in [-0.2, 0) is 4.74 Å². The number of hydrogen-bond donors (Lipinski definition) is 2. The molecule has 20 heavy (non-hydrogen) atoms. The van der Waals surface area contributed by atoms with Crippen molar-refractivity contribution in [2.45, 2.75) is 25.6 Å². The predicted octanol–water partition coefficient (Wildman–Crippen LogP) is 1.32. The van der Waals surface area contributed by atoms with Gasteiger partial charge in [-0.3, -0.25) is 0 Å². The molecule has 1 aromatic carbocycles. The normalized spacial score (nSPS) is 18.2. The smallest absolute Gasteiger partial charge is 0.407 e. The molecule has 1 amide bonds. The number of fused-ring (bicyclic) bond motifs is 1. The number of para-hydroxylation sites is 2. The first-order valence-electron chi connectivity index (χ1n) is 6.68. The second-order valence-electron chi connectivity index (χ2n) is 4.51. The van der Waals surface area contributed by atoms with Crippen molar-refractivity contribution in [3.05, 3.63) is 24.3 Å². The fourth-order valence-electron chi connectivity index (χ4n) is 1.77. The molecule has 110 valence electrons. The van der Waals surface area contributed by atoms with Gasteiger partial charge in [0.05, 0.1) is 0 Å². The highest BCUT2D eigenvalue weighted by atomic mass is 16.6. The number of carbonyl (C=O) groups is 1. The van der Waals surface area contributed by atoms with Gasteiger partial charge in [-0.15, -0.1) is 0 Å². The highest BCUT2D eigenvalue weighted by Gasteiger charge is 2.28. The zero-order chi connectivity index (χ0) is 14.4. The van der Waals surface area contributed by atoms with Gasteiger partial charge in [0.2, 0.25) is 0 Å². The van der Waals surface area contributed by atoms with Gasteiger partial charge in [-0.2, -0.15) is 0 Å². The maximum atomic E-state index is 11.3. The molecule has 2 rings (SSSR count). The van der Waals surface area contributed by atoms with Gasteiger partial charge in [0.25, 0.3) is 0 Å². The van der Waals surface area contributed by atoms with Crippen LogP contribution in [0.2, 0.25) is 0 Å². The number of hydrogen-bond acceptors (Lipinski definition) is 5. The molecule has 0 saturated heterocycles. The number of rotatable bonds is 5. The Balaban J connectivity index is 1.79. The largest absolute Gasteiger partial charge is 0.486 e. The van der Waals surface area contributed by atoms with Crippen LogP contribution in [0.5, 0.6) is 11.5 Å². The Hall–Kier alpha value is -1.95. The number of ether oxygens (including phenoxy) is 3. The van der Waals surface area contributed by atoms with E-state index in [1.54, 1.807) is 12.1 Å². The molecular weight excluding hydrogens is 262 g/mol. The molecule has 0 radical (unpaired) electrons. The molecule has 0 bridgehead atoms. The number of benzene rings is 1. The predicted molar refractivity (Wildman–Crippen MR) is 72.0 cm³/mol. The summed E-state index contributed by atoms with van der Waals surface area (Å²) in [5.74, 6) is 1.23. The summed E-state index contributed by atoms with van der Waals surface area (Å²) in [7, 11) is 0. The molecule has 0 spiro atoms. The van der Waals surface area contributed by atoms with Gasteiger partial charge < -0.3 is 24.6 Å². The van der Waals surface area contributed by atoms with Crippen LogP contribution in [-0.4, -0.2) is 43.2 Å². The van der Waals surface area contributed by atoms with E-state index >= 15 is 0 Å². The molecule has 1 aromatic rings. The van der Waals surface area contributed by atoms with Crippen molar-refractivity contribution in [1.29, 1.82) is 0 Å². The number of aliphatic hydroxyl groups is 1. The molecule has 6 heteroatoms. The van der Waals surface area contributed by atoms with E-state index in [0.29, 0.717) is 18.0 Å². The molecule has 1 aliphatic heterocycles. The van der Waals surface area contributed by atoms with Crippen molar-refractivity contribution < 1.29 is 24.1 Å². The van der Waals surface area contributed by atoms with Crippen LogP contribution in [0.1, 0.15) is 13.3 Å². The maximum Gasteiger partial charge on any atom is 0.407 e.